The highest BCUT2D eigenvalue weighted by Crippen LogP contribution is 2.38. The Kier molecular flexibility index (Phi) is 14.5. The molecular weight excluding hydrogens is 628 g/mol. The van der Waals surface area contributed by atoms with Crippen molar-refractivity contribution in [3.8, 4) is 5.75 Å². The number of fused-ring (bicyclic) bond motifs is 1. The molecule has 254 valence electrons. The van der Waals surface area contributed by atoms with Crippen molar-refractivity contribution in [2.45, 2.75) is 102 Å². The van der Waals surface area contributed by atoms with Gasteiger partial charge in [0.25, 0.3) is 5.91 Å². The van der Waals surface area contributed by atoms with E-state index in [1.165, 1.54) is 86.6 Å². The number of carbonyl (C=O) groups is 2. The van der Waals surface area contributed by atoms with Gasteiger partial charge >= 0.3 is 0 Å². The molecule has 0 bridgehead atoms. The van der Waals surface area contributed by atoms with Gasteiger partial charge in [-0.25, -0.2) is 17.6 Å². The summed E-state index contributed by atoms with van der Waals surface area (Å²) in [5.74, 6) is -4.02. The van der Waals surface area contributed by atoms with Crippen molar-refractivity contribution in [2.24, 2.45) is 0 Å². The Balaban J connectivity index is 1.29. The van der Waals surface area contributed by atoms with E-state index in [9.17, 15) is 22.8 Å². The van der Waals surface area contributed by atoms with Gasteiger partial charge in [0.15, 0.2) is 0 Å². The molecule has 0 saturated carbocycles. The van der Waals surface area contributed by atoms with Gasteiger partial charge in [-0.3, -0.25) is 9.59 Å². The molecule has 2 amide bonds. The lowest BCUT2D eigenvalue weighted by Gasteiger charge is -2.30. The van der Waals surface area contributed by atoms with Gasteiger partial charge in [-0.15, -0.1) is 11.8 Å². The van der Waals surface area contributed by atoms with Crippen LogP contribution in [-0.4, -0.2) is 24.2 Å². The van der Waals surface area contributed by atoms with E-state index in [1.807, 2.05) is 0 Å². The molecule has 1 N–H and O–H groups in total. The van der Waals surface area contributed by atoms with Crippen LogP contribution >= 0.6 is 11.8 Å². The van der Waals surface area contributed by atoms with Crippen LogP contribution in [0.5, 0.6) is 5.75 Å². The molecular formula is C37H44F4N2O3S. The molecule has 0 atom stereocenters. The molecule has 0 radical (unpaired) electrons. The summed E-state index contributed by atoms with van der Waals surface area (Å²) in [5, 5.41) is 2.45. The van der Waals surface area contributed by atoms with Crippen LogP contribution in [0, 0.1) is 23.3 Å². The van der Waals surface area contributed by atoms with Crippen molar-refractivity contribution < 1.29 is 31.9 Å². The fourth-order valence-corrected chi connectivity index (χ4v) is 6.61. The largest absolute Gasteiger partial charge is 0.493 e. The number of ether oxygens (including phenoxy) is 1. The molecule has 3 aromatic rings. The zero-order valence-corrected chi connectivity index (χ0v) is 27.8. The van der Waals surface area contributed by atoms with Gasteiger partial charge < -0.3 is 15.0 Å². The number of anilines is 1. The van der Waals surface area contributed by atoms with Crippen LogP contribution in [0.1, 0.15) is 105 Å². The van der Waals surface area contributed by atoms with Gasteiger partial charge in [-0.2, -0.15) is 0 Å². The smallest absolute Gasteiger partial charge is 0.251 e. The minimum absolute atomic E-state index is 0.0402. The lowest BCUT2D eigenvalue weighted by atomic mass is 10.1. The number of nitrogens with zero attached hydrogens (tertiary/aromatic N) is 1. The minimum Gasteiger partial charge on any atom is -0.493 e. The number of unbranched alkanes of at least 4 members (excludes halogenated alkanes) is 11. The van der Waals surface area contributed by atoms with E-state index in [0.29, 0.717) is 35.1 Å². The maximum atomic E-state index is 15.1. The predicted octanol–water partition coefficient (Wildman–Crippen LogP) is 9.89. The molecule has 0 unspecified atom stereocenters. The topological polar surface area (TPSA) is 58.6 Å². The predicted molar refractivity (Wildman–Crippen MR) is 179 cm³/mol. The number of amides is 2. The third-order valence-corrected chi connectivity index (χ3v) is 9.37. The Morgan fingerprint density at radius 1 is 0.809 bits per heavy atom. The zero-order valence-electron chi connectivity index (χ0n) is 27.0. The highest BCUT2D eigenvalue weighted by Gasteiger charge is 2.28. The van der Waals surface area contributed by atoms with E-state index in [2.05, 4.69) is 12.2 Å². The van der Waals surface area contributed by atoms with E-state index < -0.39 is 41.3 Å². The molecule has 47 heavy (non-hydrogen) atoms. The Bertz CT molecular complexity index is 1480. The standard InChI is InChI=1S/C37H44F4N2O3S/c1-2-3-4-5-6-7-8-9-10-11-12-13-19-46-34-16-14-15-30(39)29(34)24-43-33-18-17-26(20-35(33)47-25-36(43)44)37(45)42-23-28-31(40)21-27(38)22-32(28)41/h14-18,20-22H,2-13,19,23-25H2,1H3,(H,42,45). The molecule has 10 heteroatoms. The number of halogens is 4. The summed E-state index contributed by atoms with van der Waals surface area (Å²) in [4.78, 5) is 27.9. The summed E-state index contributed by atoms with van der Waals surface area (Å²) >= 11 is 1.25. The summed E-state index contributed by atoms with van der Waals surface area (Å²) in [7, 11) is 0. The molecule has 0 spiro atoms. The van der Waals surface area contributed by atoms with E-state index in [4.69, 9.17) is 4.74 Å². The molecule has 1 aliphatic heterocycles. The van der Waals surface area contributed by atoms with Gasteiger partial charge in [0.2, 0.25) is 5.91 Å². The van der Waals surface area contributed by atoms with E-state index in [0.717, 1.165) is 19.3 Å². The van der Waals surface area contributed by atoms with Crippen LogP contribution < -0.4 is 15.0 Å². The maximum absolute atomic E-state index is 15.1. The average molecular weight is 673 g/mol. The number of nitrogens with one attached hydrogen (secondary N) is 1. The van der Waals surface area contributed by atoms with Crippen molar-refractivity contribution in [2.75, 3.05) is 17.3 Å². The van der Waals surface area contributed by atoms with Crippen LogP contribution in [0.2, 0.25) is 0 Å². The summed E-state index contributed by atoms with van der Waals surface area (Å²) in [6.07, 6.45) is 14.8. The number of hydrogen-bond acceptors (Lipinski definition) is 4. The quantitative estimate of drug-likeness (QED) is 0.102. The van der Waals surface area contributed by atoms with Crippen LogP contribution in [0.4, 0.5) is 23.2 Å². The van der Waals surface area contributed by atoms with Crippen molar-refractivity contribution in [3.05, 3.63) is 88.5 Å². The normalized spacial score (nSPS) is 12.7. The fraction of sp³-hybridized carbons (Fsp3) is 0.459. The van der Waals surface area contributed by atoms with Crippen molar-refractivity contribution in [1.82, 2.24) is 5.32 Å². The summed E-state index contributed by atoms with van der Waals surface area (Å²) in [5.41, 5.74) is 0.563. The molecule has 1 heterocycles. The Hall–Kier alpha value is -3.53. The van der Waals surface area contributed by atoms with Crippen molar-refractivity contribution >= 4 is 29.3 Å². The Morgan fingerprint density at radius 2 is 1.45 bits per heavy atom. The van der Waals surface area contributed by atoms with Crippen LogP contribution in [0.25, 0.3) is 0 Å². The second-order valence-electron chi connectivity index (χ2n) is 11.9. The average Bonchev–Trinajstić information content (AvgIpc) is 3.04. The van der Waals surface area contributed by atoms with E-state index in [-0.39, 0.29) is 29.3 Å². The summed E-state index contributed by atoms with van der Waals surface area (Å²) in [6, 6.07) is 10.4. The molecule has 4 rings (SSSR count). The molecule has 3 aromatic carbocycles. The van der Waals surface area contributed by atoms with Crippen LogP contribution in [0.3, 0.4) is 0 Å². The van der Waals surface area contributed by atoms with Gasteiger partial charge in [-0.05, 0) is 36.8 Å². The second-order valence-corrected chi connectivity index (χ2v) is 13.0. The minimum atomic E-state index is -1.09. The Morgan fingerprint density at radius 3 is 2.11 bits per heavy atom. The molecule has 0 aliphatic carbocycles. The molecule has 0 aromatic heterocycles. The highest BCUT2D eigenvalue weighted by molar-refractivity contribution is 8.00. The first-order valence-electron chi connectivity index (χ1n) is 16.7. The van der Waals surface area contributed by atoms with Crippen molar-refractivity contribution in [3.63, 3.8) is 0 Å². The van der Waals surface area contributed by atoms with Crippen LogP contribution in [0.15, 0.2) is 53.4 Å². The number of carbonyl (C=O) groups excluding carboxylic acids is 2. The summed E-state index contributed by atoms with van der Waals surface area (Å²) in [6.45, 7) is 2.18. The number of benzene rings is 3. The van der Waals surface area contributed by atoms with E-state index in [1.54, 1.807) is 24.3 Å². The van der Waals surface area contributed by atoms with Gasteiger partial charge in [0.1, 0.15) is 29.0 Å². The zero-order chi connectivity index (χ0) is 33.6. The number of rotatable bonds is 19. The second kappa shape index (κ2) is 18.7. The third kappa shape index (κ3) is 10.7. The SMILES string of the molecule is CCCCCCCCCCCCCCOc1cccc(F)c1CN1C(=O)CSc2cc(C(=O)NCc3c(F)cc(F)cc3F)ccc21. The first kappa shape index (κ1) is 36.3. The Labute approximate surface area is 279 Å². The van der Waals surface area contributed by atoms with Gasteiger partial charge in [-0.1, -0.05) is 83.6 Å². The summed E-state index contributed by atoms with van der Waals surface area (Å²) < 4.78 is 62.3. The van der Waals surface area contributed by atoms with Crippen molar-refractivity contribution in [1.29, 1.82) is 0 Å². The first-order chi connectivity index (χ1) is 22.8. The fourth-order valence-electron chi connectivity index (χ4n) is 5.64. The van der Waals surface area contributed by atoms with Gasteiger partial charge in [0.05, 0.1) is 24.6 Å². The third-order valence-electron chi connectivity index (χ3n) is 8.34. The molecule has 1 aliphatic rings. The first-order valence-corrected chi connectivity index (χ1v) is 17.7. The molecule has 5 nitrogen and oxygen atoms in total. The monoisotopic (exact) mass is 672 g/mol. The van der Waals surface area contributed by atoms with E-state index >= 15 is 4.39 Å². The maximum Gasteiger partial charge on any atom is 0.251 e. The van der Waals surface area contributed by atoms with Gasteiger partial charge in [0, 0.05) is 40.3 Å². The van der Waals surface area contributed by atoms with Crippen LogP contribution in [-0.2, 0) is 17.9 Å². The molecule has 0 fully saturated rings. The lowest BCUT2D eigenvalue weighted by Crippen LogP contribution is -2.35. The highest BCUT2D eigenvalue weighted by atomic mass is 32.2. The number of hydrogen-bond donors (Lipinski definition) is 1. The number of thioether (sulfide) groups is 1. The molecule has 0 saturated heterocycles. The lowest BCUT2D eigenvalue weighted by molar-refractivity contribution is -0.116.